The van der Waals surface area contributed by atoms with Crippen molar-refractivity contribution in [2.45, 2.75) is 13.8 Å². The van der Waals surface area contributed by atoms with Crippen molar-refractivity contribution in [1.29, 1.82) is 0 Å². The number of nitrogens with one attached hydrogen (secondary N) is 1. The van der Waals surface area contributed by atoms with Gasteiger partial charge in [-0.3, -0.25) is 25.0 Å². The van der Waals surface area contributed by atoms with Gasteiger partial charge in [-0.05, 0) is 26.0 Å². The molecule has 0 aliphatic rings. The maximum Gasteiger partial charge on any atom is 1.00 e. The molecule has 0 unspecified atom stereocenters. The molecule has 0 aliphatic carbocycles. The minimum Gasteiger partial charge on any atom is -1.00 e. The molecule has 18 heteroatoms. The van der Waals surface area contributed by atoms with Crippen molar-refractivity contribution in [3.05, 3.63) is 98.9 Å². The Labute approximate surface area is 320 Å². The van der Waals surface area contributed by atoms with Crippen LogP contribution < -0.4 is 118 Å². The summed E-state index contributed by atoms with van der Waals surface area (Å²) in [6.45, 7) is 3.65. The van der Waals surface area contributed by atoms with E-state index >= 15 is 0 Å². The van der Waals surface area contributed by atoms with Crippen molar-refractivity contribution in [2.75, 3.05) is 14.2 Å². The first-order valence-corrected chi connectivity index (χ1v) is 10.6. The fraction of sp³-hybridized carbons (Fsp3) is 0.174. The molecule has 2 aromatic carbocycles. The van der Waals surface area contributed by atoms with Crippen LogP contribution in [0.1, 0.15) is 12.8 Å². The third kappa shape index (κ3) is 15.1. The van der Waals surface area contributed by atoms with Crippen LogP contribution in [0.15, 0.2) is 61.4 Å². The zero-order valence-electron chi connectivity index (χ0n) is 24.1. The van der Waals surface area contributed by atoms with Gasteiger partial charge in [-0.2, -0.15) is 0 Å². The van der Waals surface area contributed by atoms with Crippen molar-refractivity contribution >= 4 is 17.8 Å². The average Bonchev–Trinajstić information content (AvgIpc) is 3.60. The minimum atomic E-state index is -0.609. The number of methoxy groups -OCH3 is 2. The summed E-state index contributed by atoms with van der Waals surface area (Å²) < 4.78 is 24.2. The molecule has 0 fully saturated rings. The third-order valence-electron chi connectivity index (χ3n) is 4.38. The number of H-pyrrole nitrogens is 1. The molecule has 0 radical (unpaired) electrons. The van der Waals surface area contributed by atoms with E-state index in [1.807, 2.05) is 20.0 Å². The minimum absolute atomic E-state index is 0. The van der Waals surface area contributed by atoms with Gasteiger partial charge in [-0.25, -0.2) is 14.4 Å². The van der Waals surface area contributed by atoms with E-state index in [0.29, 0.717) is 5.75 Å². The maximum atomic E-state index is 12.7. The summed E-state index contributed by atoms with van der Waals surface area (Å²) in [5, 5.41) is 29.3. The van der Waals surface area contributed by atoms with Crippen molar-refractivity contribution < 1.29 is 143 Å². The van der Waals surface area contributed by atoms with Gasteiger partial charge < -0.3 is 30.6 Å². The van der Waals surface area contributed by atoms with Gasteiger partial charge in [-0.15, -0.1) is 0 Å². The summed E-state index contributed by atoms with van der Waals surface area (Å²) in [6.07, 6.45) is 6.90. The first-order chi connectivity index (χ1) is 18.6. The van der Waals surface area contributed by atoms with Crippen molar-refractivity contribution in [3.63, 3.8) is 0 Å². The Morgan fingerprint density at radius 1 is 1.00 bits per heavy atom. The molecule has 41 heavy (non-hydrogen) atoms. The largest absolute Gasteiger partial charge is 1.00 e. The molecule has 1 N–H and O–H groups in total. The number of carbonyl (C=O) groups is 1. The number of hydrogen-bond acceptors (Lipinski definition) is 11. The van der Waals surface area contributed by atoms with Crippen molar-refractivity contribution in [2.24, 2.45) is 0 Å². The predicted octanol–water partition coefficient (Wildman–Crippen LogP) is -2.89. The number of nitrogens with zero attached hydrogens (tertiary/aromatic N) is 5. The number of ether oxygens (including phenoxy) is 2. The summed E-state index contributed by atoms with van der Waals surface area (Å²) in [6, 6.07) is 7.58. The van der Waals surface area contributed by atoms with Gasteiger partial charge in [0.15, 0.2) is 11.6 Å². The van der Waals surface area contributed by atoms with E-state index in [1.165, 1.54) is 26.4 Å². The normalized spacial score (nSPS) is 8.83. The quantitative estimate of drug-likeness (QED) is 0.0757. The Balaban J connectivity index is -0.000000533. The molecule has 2 heterocycles. The zero-order chi connectivity index (χ0) is 29.4. The average molecular weight is 627 g/mol. The smallest absolute Gasteiger partial charge is 1.00 e. The van der Waals surface area contributed by atoms with Crippen LogP contribution in [-0.2, 0) is 9.68 Å². The molecule has 0 spiro atoms. The van der Waals surface area contributed by atoms with E-state index in [2.05, 4.69) is 24.6 Å². The number of carbonyl (C=O) groups excluding carboxylic acids is 1. The second-order valence-corrected chi connectivity index (χ2v) is 7.04. The Hall–Kier alpha value is -2.11. The van der Waals surface area contributed by atoms with Crippen LogP contribution in [0.2, 0.25) is 0 Å². The number of aromatic amines is 1. The molecule has 210 valence electrons. The molecule has 15 nitrogen and oxygen atoms in total. The van der Waals surface area contributed by atoms with Crippen LogP contribution in [0.3, 0.4) is 0 Å². The first-order valence-electron chi connectivity index (χ1n) is 10.6. The molecular formula is C23H25FK2N6O9. The van der Waals surface area contributed by atoms with Gasteiger partial charge in [0.25, 0.3) is 17.8 Å². The molecule has 0 saturated carbocycles. The molecule has 0 amide bonds. The number of hydrogen-bond donors (Lipinski definition) is 1. The third-order valence-corrected chi connectivity index (χ3v) is 4.38. The number of benzene rings is 2. The van der Waals surface area contributed by atoms with E-state index < -0.39 is 15.7 Å². The van der Waals surface area contributed by atoms with Crippen LogP contribution in [0, 0.1) is 39.9 Å². The Morgan fingerprint density at radius 2 is 1.54 bits per heavy atom. The van der Waals surface area contributed by atoms with Crippen LogP contribution >= 0.6 is 0 Å². The summed E-state index contributed by atoms with van der Waals surface area (Å²) in [7, 11) is 2.73. The van der Waals surface area contributed by atoms with Crippen LogP contribution in [-0.4, -0.2) is 50.1 Å². The first kappa shape index (κ1) is 41.0. The number of rotatable bonds is 6. The van der Waals surface area contributed by atoms with Gasteiger partial charge in [0, 0.05) is 30.2 Å². The Kier molecular flexibility index (Phi) is 22.5. The second kappa shape index (κ2) is 22.5. The molecular weight excluding hydrogens is 601 g/mol. The molecule has 0 aliphatic heterocycles. The van der Waals surface area contributed by atoms with E-state index in [4.69, 9.17) is 14.8 Å². The number of non-ortho nitro benzene ring substituents is 2. The van der Waals surface area contributed by atoms with Gasteiger partial charge in [0.1, 0.15) is 5.75 Å². The van der Waals surface area contributed by atoms with E-state index in [9.17, 15) is 24.6 Å². The van der Waals surface area contributed by atoms with E-state index in [1.54, 1.807) is 29.5 Å². The van der Waals surface area contributed by atoms with Crippen LogP contribution in [0.25, 0.3) is 5.69 Å². The fourth-order valence-corrected chi connectivity index (χ4v) is 2.63. The van der Waals surface area contributed by atoms with Gasteiger partial charge in [-0.1, -0.05) is 0 Å². The molecule has 0 bridgehead atoms. The topological polar surface area (TPSA) is 201 Å². The molecule has 4 rings (SSSR count). The second-order valence-electron chi connectivity index (χ2n) is 7.04. The number of aryl methyl sites for hydroxylation is 2. The number of nitro benzene ring substituents is 2. The summed E-state index contributed by atoms with van der Waals surface area (Å²) in [5.74, 6) is -0.288. The summed E-state index contributed by atoms with van der Waals surface area (Å²) >= 11 is 0. The fourth-order valence-electron chi connectivity index (χ4n) is 2.63. The Morgan fingerprint density at radius 3 is 1.90 bits per heavy atom. The molecule has 0 saturated heterocycles. The number of aromatic nitrogens is 4. The van der Waals surface area contributed by atoms with Crippen molar-refractivity contribution in [3.8, 4) is 17.2 Å². The SMILES string of the molecule is COc1cc([N+](=O)[O-])ccc1-n1cnc(C)c1.COc1cc([N+](=O)[O-])ccc1F.Cc1cnc[nH]1.O=CO[O-].[H-].[K+].[K+]. The van der Waals surface area contributed by atoms with E-state index in [-0.39, 0.29) is 128 Å². The number of halogens is 1. The Bertz CT molecular complexity index is 1360. The van der Waals surface area contributed by atoms with Crippen LogP contribution in [0.4, 0.5) is 15.8 Å². The molecule has 0 atom stereocenters. The summed E-state index contributed by atoms with van der Waals surface area (Å²) in [4.78, 5) is 41.8. The number of imidazole rings is 2. The standard InChI is InChI=1S/C11H11N3O3.C7H6FNO3.C4H6N2.CH2O3.2K.H/c1-8-6-13(7-12-8)10-4-3-9(14(15)16)5-11(10)17-2;1-12-7-4-5(9(10)11)2-3-6(7)8;1-4-2-5-3-6-4;2-1-4-3;;;/h3-7H,1-2H3;2-4H,1H3;2-3H,1H3,(H,5,6);1,3H;;;/q;;;;2*+1;-1/p-1. The van der Waals surface area contributed by atoms with Gasteiger partial charge in [0.05, 0.1) is 60.2 Å². The monoisotopic (exact) mass is 626 g/mol. The maximum absolute atomic E-state index is 12.7. The van der Waals surface area contributed by atoms with E-state index in [0.717, 1.165) is 35.3 Å². The predicted molar refractivity (Wildman–Crippen MR) is 133 cm³/mol. The van der Waals surface area contributed by atoms with Crippen LogP contribution in [0.5, 0.6) is 11.5 Å². The zero-order valence-corrected chi connectivity index (χ0v) is 29.4. The van der Waals surface area contributed by atoms with Gasteiger partial charge in [0.2, 0.25) is 0 Å². The summed E-state index contributed by atoms with van der Waals surface area (Å²) in [5.41, 5.74) is 2.51. The molecule has 4 aromatic rings. The van der Waals surface area contributed by atoms with Crippen molar-refractivity contribution in [1.82, 2.24) is 19.5 Å². The molecule has 2 aromatic heterocycles. The van der Waals surface area contributed by atoms with Gasteiger partial charge >= 0.3 is 103 Å². The number of nitro groups is 2.